The normalized spacial score (nSPS) is 18.3. The average Bonchev–Trinajstić information content (AvgIpc) is 2.59. The zero-order valence-electron chi connectivity index (χ0n) is 13.5. The standard InChI is InChI=1S/C18H25N3O2/c19-18(23)14-8-10-21(11-9-14)17(22)12-20-16-7-3-5-13-4-1-2-6-15(13)16/h3,5,7,14,20H,1-2,4,6,8-12H2,(H2,19,23). The minimum atomic E-state index is -0.244. The van der Waals surface area contributed by atoms with E-state index in [1.807, 2.05) is 4.90 Å². The zero-order chi connectivity index (χ0) is 16.2. The lowest BCUT2D eigenvalue weighted by Crippen LogP contribution is -2.43. The van der Waals surface area contributed by atoms with E-state index in [9.17, 15) is 9.59 Å². The Labute approximate surface area is 137 Å². The zero-order valence-corrected chi connectivity index (χ0v) is 13.5. The number of nitrogens with one attached hydrogen (secondary N) is 1. The molecule has 5 heteroatoms. The summed E-state index contributed by atoms with van der Waals surface area (Å²) in [6.07, 6.45) is 6.07. The molecule has 3 rings (SSSR count). The second-order valence-electron chi connectivity index (χ2n) is 6.56. The number of amides is 2. The number of likely N-dealkylation sites (tertiary alicyclic amines) is 1. The van der Waals surface area contributed by atoms with Crippen molar-refractivity contribution in [1.29, 1.82) is 0 Å². The van der Waals surface area contributed by atoms with Crippen LogP contribution in [0.3, 0.4) is 0 Å². The van der Waals surface area contributed by atoms with Crippen LogP contribution >= 0.6 is 0 Å². The van der Waals surface area contributed by atoms with Gasteiger partial charge in [0.1, 0.15) is 0 Å². The summed E-state index contributed by atoms with van der Waals surface area (Å²) in [7, 11) is 0. The molecule has 1 aliphatic carbocycles. The third-order valence-corrected chi connectivity index (χ3v) is 5.08. The summed E-state index contributed by atoms with van der Waals surface area (Å²) in [4.78, 5) is 25.4. The molecule has 0 atom stereocenters. The van der Waals surface area contributed by atoms with Crippen molar-refractivity contribution in [2.24, 2.45) is 11.7 Å². The van der Waals surface area contributed by atoms with Gasteiger partial charge in [-0.2, -0.15) is 0 Å². The Hall–Kier alpha value is -2.04. The Kier molecular flexibility index (Phi) is 4.84. The molecule has 1 aromatic rings. The summed E-state index contributed by atoms with van der Waals surface area (Å²) in [6, 6.07) is 6.32. The lowest BCUT2D eigenvalue weighted by molar-refractivity contribution is -0.133. The van der Waals surface area contributed by atoms with Crippen LogP contribution in [0.2, 0.25) is 0 Å². The fraction of sp³-hybridized carbons (Fsp3) is 0.556. The summed E-state index contributed by atoms with van der Waals surface area (Å²) >= 11 is 0. The predicted molar refractivity (Wildman–Crippen MR) is 90.1 cm³/mol. The van der Waals surface area contributed by atoms with Crippen LogP contribution in [-0.4, -0.2) is 36.3 Å². The van der Waals surface area contributed by atoms with Gasteiger partial charge in [-0.1, -0.05) is 12.1 Å². The van der Waals surface area contributed by atoms with Crippen LogP contribution in [0.5, 0.6) is 0 Å². The third kappa shape index (κ3) is 3.66. The SMILES string of the molecule is NC(=O)C1CCN(C(=O)CNc2cccc3c2CCCC3)CC1. The number of rotatable bonds is 4. The molecule has 2 amide bonds. The molecule has 0 aromatic heterocycles. The maximum atomic E-state index is 12.4. The molecule has 0 unspecified atom stereocenters. The fourth-order valence-corrected chi connectivity index (χ4v) is 3.64. The van der Waals surface area contributed by atoms with Crippen molar-refractivity contribution in [3.05, 3.63) is 29.3 Å². The molecule has 5 nitrogen and oxygen atoms in total. The number of benzene rings is 1. The molecule has 1 aliphatic heterocycles. The van der Waals surface area contributed by atoms with Crippen molar-refractivity contribution in [3.8, 4) is 0 Å². The van der Waals surface area contributed by atoms with Crippen LogP contribution in [0.25, 0.3) is 0 Å². The molecule has 1 fully saturated rings. The minimum Gasteiger partial charge on any atom is -0.376 e. The van der Waals surface area contributed by atoms with Crippen LogP contribution in [-0.2, 0) is 22.4 Å². The fourth-order valence-electron chi connectivity index (χ4n) is 3.64. The van der Waals surface area contributed by atoms with E-state index in [0.29, 0.717) is 32.5 Å². The maximum Gasteiger partial charge on any atom is 0.241 e. The number of nitrogens with two attached hydrogens (primary N) is 1. The monoisotopic (exact) mass is 315 g/mol. The molecule has 23 heavy (non-hydrogen) atoms. The first-order valence-corrected chi connectivity index (χ1v) is 8.57. The van der Waals surface area contributed by atoms with Gasteiger partial charge in [-0.05, 0) is 55.7 Å². The number of nitrogens with zero attached hydrogens (tertiary/aromatic N) is 1. The van der Waals surface area contributed by atoms with E-state index in [1.54, 1.807) is 0 Å². The highest BCUT2D eigenvalue weighted by Crippen LogP contribution is 2.27. The topological polar surface area (TPSA) is 75.4 Å². The van der Waals surface area contributed by atoms with Gasteiger partial charge in [-0.3, -0.25) is 9.59 Å². The van der Waals surface area contributed by atoms with Crippen LogP contribution in [0.15, 0.2) is 18.2 Å². The molecule has 0 bridgehead atoms. The quantitative estimate of drug-likeness (QED) is 0.888. The summed E-state index contributed by atoms with van der Waals surface area (Å²) < 4.78 is 0. The van der Waals surface area contributed by atoms with E-state index in [0.717, 1.165) is 18.5 Å². The summed E-state index contributed by atoms with van der Waals surface area (Å²) in [6.45, 7) is 1.57. The maximum absolute atomic E-state index is 12.4. The Bertz CT molecular complexity index is 592. The van der Waals surface area contributed by atoms with E-state index in [1.165, 1.54) is 24.0 Å². The number of carbonyl (C=O) groups is 2. The van der Waals surface area contributed by atoms with Gasteiger partial charge < -0.3 is 16.0 Å². The highest BCUT2D eigenvalue weighted by atomic mass is 16.2. The summed E-state index contributed by atoms with van der Waals surface area (Å²) in [5, 5.41) is 3.32. The molecule has 1 aromatic carbocycles. The first-order valence-electron chi connectivity index (χ1n) is 8.57. The highest BCUT2D eigenvalue weighted by Gasteiger charge is 2.25. The molecule has 0 radical (unpaired) electrons. The number of hydrogen-bond acceptors (Lipinski definition) is 3. The van der Waals surface area contributed by atoms with Gasteiger partial charge >= 0.3 is 0 Å². The van der Waals surface area contributed by atoms with Gasteiger partial charge in [0.15, 0.2) is 0 Å². The van der Waals surface area contributed by atoms with Crippen molar-refractivity contribution < 1.29 is 9.59 Å². The smallest absolute Gasteiger partial charge is 0.241 e. The van der Waals surface area contributed by atoms with E-state index in [4.69, 9.17) is 5.73 Å². The number of primary amides is 1. The van der Waals surface area contributed by atoms with Crippen LogP contribution in [0, 0.1) is 5.92 Å². The minimum absolute atomic E-state index is 0.0758. The molecular weight excluding hydrogens is 290 g/mol. The van der Waals surface area contributed by atoms with Crippen LogP contribution in [0.4, 0.5) is 5.69 Å². The van der Waals surface area contributed by atoms with Crippen LogP contribution < -0.4 is 11.1 Å². The highest BCUT2D eigenvalue weighted by molar-refractivity contribution is 5.82. The third-order valence-electron chi connectivity index (χ3n) is 5.08. The molecule has 3 N–H and O–H groups in total. The predicted octanol–water partition coefficient (Wildman–Crippen LogP) is 1.70. The largest absolute Gasteiger partial charge is 0.376 e. The first-order chi connectivity index (χ1) is 11.1. The molecule has 1 heterocycles. The molecular formula is C18H25N3O2. The molecule has 1 saturated heterocycles. The van der Waals surface area contributed by atoms with Crippen molar-refractivity contribution in [1.82, 2.24) is 4.90 Å². The lowest BCUT2D eigenvalue weighted by atomic mass is 9.90. The van der Waals surface area contributed by atoms with E-state index in [-0.39, 0.29) is 17.7 Å². The summed E-state index contributed by atoms with van der Waals surface area (Å²) in [5.74, 6) is -0.222. The van der Waals surface area contributed by atoms with Crippen molar-refractivity contribution in [2.75, 3.05) is 25.0 Å². The van der Waals surface area contributed by atoms with Gasteiger partial charge in [-0.15, -0.1) is 0 Å². The average molecular weight is 315 g/mol. The van der Waals surface area contributed by atoms with Crippen molar-refractivity contribution in [3.63, 3.8) is 0 Å². The molecule has 0 spiro atoms. The Balaban J connectivity index is 1.55. The van der Waals surface area contributed by atoms with Gasteiger partial charge in [-0.25, -0.2) is 0 Å². The lowest BCUT2D eigenvalue weighted by Gasteiger charge is -2.31. The first kappa shape index (κ1) is 15.8. The van der Waals surface area contributed by atoms with Gasteiger partial charge in [0.2, 0.25) is 11.8 Å². The number of piperidine rings is 1. The second-order valence-corrected chi connectivity index (χ2v) is 6.56. The van der Waals surface area contributed by atoms with Crippen molar-refractivity contribution >= 4 is 17.5 Å². The number of carbonyl (C=O) groups excluding carboxylic acids is 2. The van der Waals surface area contributed by atoms with Crippen LogP contribution in [0.1, 0.15) is 36.8 Å². The number of anilines is 1. The van der Waals surface area contributed by atoms with Gasteiger partial charge in [0.25, 0.3) is 0 Å². The molecule has 0 saturated carbocycles. The Morgan fingerprint density at radius 1 is 1.17 bits per heavy atom. The van der Waals surface area contributed by atoms with Gasteiger partial charge in [0.05, 0.1) is 6.54 Å². The van der Waals surface area contributed by atoms with E-state index >= 15 is 0 Å². The van der Waals surface area contributed by atoms with E-state index < -0.39 is 0 Å². The Morgan fingerprint density at radius 3 is 2.65 bits per heavy atom. The molecule has 2 aliphatic rings. The van der Waals surface area contributed by atoms with Gasteiger partial charge in [0, 0.05) is 24.7 Å². The molecule has 124 valence electrons. The number of aryl methyl sites for hydroxylation is 1. The second kappa shape index (κ2) is 7.02. The number of fused-ring (bicyclic) bond motifs is 1. The van der Waals surface area contributed by atoms with E-state index in [2.05, 4.69) is 23.5 Å². The van der Waals surface area contributed by atoms with Crippen molar-refractivity contribution in [2.45, 2.75) is 38.5 Å². The number of hydrogen-bond donors (Lipinski definition) is 2. The Morgan fingerprint density at radius 2 is 1.91 bits per heavy atom. The summed E-state index contributed by atoms with van der Waals surface area (Å²) in [5.41, 5.74) is 9.22.